The first-order chi connectivity index (χ1) is 9.29. The van der Waals surface area contributed by atoms with Crippen molar-refractivity contribution in [1.29, 1.82) is 0 Å². The van der Waals surface area contributed by atoms with Gasteiger partial charge in [0.05, 0.1) is 12.1 Å². The molecule has 1 aromatic carbocycles. The predicted molar refractivity (Wildman–Crippen MR) is 73.0 cm³/mol. The minimum absolute atomic E-state index is 0.269. The molecule has 102 valence electrons. The van der Waals surface area contributed by atoms with Crippen LogP contribution in [0.2, 0.25) is 0 Å². The van der Waals surface area contributed by atoms with Crippen molar-refractivity contribution in [2.45, 2.75) is 19.4 Å². The number of para-hydroxylation sites is 1. The highest BCUT2D eigenvalue weighted by atomic mass is 35.5. The van der Waals surface area contributed by atoms with E-state index in [9.17, 15) is 4.39 Å². The van der Waals surface area contributed by atoms with E-state index in [1.807, 2.05) is 6.07 Å². The summed E-state index contributed by atoms with van der Waals surface area (Å²) in [6, 6.07) is 5.09. The molecule has 2 heterocycles. The van der Waals surface area contributed by atoms with E-state index >= 15 is 0 Å². The summed E-state index contributed by atoms with van der Waals surface area (Å²) in [6.45, 7) is 2.41. The zero-order valence-electron chi connectivity index (χ0n) is 10.6. The third-order valence-electron chi connectivity index (χ3n) is 3.59. The Labute approximate surface area is 116 Å². The number of fused-ring (bicyclic) bond motifs is 1. The summed E-state index contributed by atoms with van der Waals surface area (Å²) in [4.78, 5) is 4.41. The Bertz CT molecular complexity index is 578. The highest BCUT2D eigenvalue weighted by molar-refractivity contribution is 6.17. The third kappa shape index (κ3) is 2.47. The van der Waals surface area contributed by atoms with Gasteiger partial charge in [0.25, 0.3) is 0 Å². The van der Waals surface area contributed by atoms with Crippen LogP contribution in [-0.4, -0.2) is 28.6 Å². The summed E-state index contributed by atoms with van der Waals surface area (Å²) >= 11 is 5.82. The van der Waals surface area contributed by atoms with Gasteiger partial charge in [-0.05, 0) is 18.6 Å². The zero-order valence-corrected chi connectivity index (χ0v) is 11.4. The van der Waals surface area contributed by atoms with Crippen molar-refractivity contribution in [2.24, 2.45) is 5.92 Å². The number of hydrogen-bond donors (Lipinski definition) is 0. The van der Waals surface area contributed by atoms with E-state index in [2.05, 4.69) is 9.55 Å². The lowest BCUT2D eigenvalue weighted by atomic mass is 10.1. The van der Waals surface area contributed by atoms with Gasteiger partial charge >= 0.3 is 0 Å². The first-order valence-corrected chi connectivity index (χ1v) is 7.10. The number of halogens is 2. The van der Waals surface area contributed by atoms with Crippen LogP contribution in [0, 0.1) is 11.7 Å². The van der Waals surface area contributed by atoms with Gasteiger partial charge in [-0.25, -0.2) is 9.37 Å². The third-order valence-corrected chi connectivity index (χ3v) is 3.78. The van der Waals surface area contributed by atoms with Crippen LogP contribution < -0.4 is 0 Å². The van der Waals surface area contributed by atoms with Crippen LogP contribution in [-0.2, 0) is 17.7 Å². The van der Waals surface area contributed by atoms with E-state index in [0.717, 1.165) is 37.5 Å². The van der Waals surface area contributed by atoms with Crippen molar-refractivity contribution in [2.75, 3.05) is 19.1 Å². The molecule has 1 aromatic heterocycles. The second-order valence-electron chi connectivity index (χ2n) is 4.91. The minimum atomic E-state index is -0.269. The second-order valence-corrected chi connectivity index (χ2v) is 5.29. The minimum Gasteiger partial charge on any atom is -0.381 e. The molecule has 3 rings (SSSR count). The van der Waals surface area contributed by atoms with E-state index in [1.165, 1.54) is 6.07 Å². The average molecular weight is 283 g/mol. The Morgan fingerprint density at radius 3 is 3.11 bits per heavy atom. The number of alkyl halides is 1. The fourth-order valence-electron chi connectivity index (χ4n) is 2.63. The highest BCUT2D eigenvalue weighted by Gasteiger charge is 2.20. The summed E-state index contributed by atoms with van der Waals surface area (Å²) in [5.41, 5.74) is 1.30. The van der Waals surface area contributed by atoms with E-state index in [0.29, 0.717) is 23.7 Å². The van der Waals surface area contributed by atoms with Gasteiger partial charge in [-0.3, -0.25) is 0 Å². The summed E-state index contributed by atoms with van der Waals surface area (Å²) < 4.78 is 21.3. The molecule has 0 spiro atoms. The van der Waals surface area contributed by atoms with E-state index in [4.69, 9.17) is 16.3 Å². The molecule has 0 aliphatic carbocycles. The van der Waals surface area contributed by atoms with Crippen molar-refractivity contribution in [1.82, 2.24) is 9.55 Å². The summed E-state index contributed by atoms with van der Waals surface area (Å²) in [7, 11) is 0. The molecule has 5 heteroatoms. The lowest BCUT2D eigenvalue weighted by molar-refractivity contribution is 0.182. The number of rotatable bonds is 4. The first-order valence-electron chi connectivity index (χ1n) is 6.57. The summed E-state index contributed by atoms with van der Waals surface area (Å²) in [5, 5.41) is 0. The molecule has 0 N–H and O–H groups in total. The van der Waals surface area contributed by atoms with Crippen LogP contribution in [0.5, 0.6) is 0 Å². The van der Waals surface area contributed by atoms with Gasteiger partial charge in [0.2, 0.25) is 0 Å². The van der Waals surface area contributed by atoms with Gasteiger partial charge in [-0.2, -0.15) is 0 Å². The topological polar surface area (TPSA) is 27.1 Å². The monoisotopic (exact) mass is 282 g/mol. The fraction of sp³-hybridized carbons (Fsp3) is 0.500. The molecule has 19 heavy (non-hydrogen) atoms. The van der Waals surface area contributed by atoms with Gasteiger partial charge in [0.15, 0.2) is 5.82 Å². The van der Waals surface area contributed by atoms with E-state index < -0.39 is 0 Å². The molecule has 1 saturated heterocycles. The Kier molecular flexibility index (Phi) is 3.71. The molecule has 0 bridgehead atoms. The average Bonchev–Trinajstić information content (AvgIpc) is 3.01. The molecule has 2 aromatic rings. The van der Waals surface area contributed by atoms with Crippen molar-refractivity contribution in [3.05, 3.63) is 29.8 Å². The van der Waals surface area contributed by atoms with Crippen LogP contribution in [0.25, 0.3) is 11.0 Å². The molecule has 1 unspecified atom stereocenters. The molecule has 0 radical (unpaired) electrons. The van der Waals surface area contributed by atoms with Crippen LogP contribution in [0.1, 0.15) is 12.2 Å². The Morgan fingerprint density at radius 2 is 2.37 bits per heavy atom. The van der Waals surface area contributed by atoms with Crippen molar-refractivity contribution in [3.63, 3.8) is 0 Å². The maximum absolute atomic E-state index is 13.8. The number of imidazole rings is 1. The number of benzene rings is 1. The van der Waals surface area contributed by atoms with Crippen molar-refractivity contribution >= 4 is 22.6 Å². The summed E-state index contributed by atoms with van der Waals surface area (Å²) in [6.07, 6.45) is 1.71. The molecule has 0 amide bonds. The Balaban J connectivity index is 2.02. The van der Waals surface area contributed by atoms with Crippen molar-refractivity contribution < 1.29 is 9.13 Å². The fourth-order valence-corrected chi connectivity index (χ4v) is 2.79. The van der Waals surface area contributed by atoms with E-state index in [1.54, 1.807) is 6.07 Å². The predicted octanol–water partition coefficient (Wildman–Crippen LogP) is 2.99. The second kappa shape index (κ2) is 5.47. The van der Waals surface area contributed by atoms with Gasteiger partial charge in [0.1, 0.15) is 11.3 Å². The van der Waals surface area contributed by atoms with Gasteiger partial charge in [0, 0.05) is 31.4 Å². The Hall–Kier alpha value is -1.13. The van der Waals surface area contributed by atoms with Crippen molar-refractivity contribution in [3.8, 4) is 0 Å². The zero-order chi connectivity index (χ0) is 13.2. The number of aryl methyl sites for hydroxylation is 1. The van der Waals surface area contributed by atoms with Gasteiger partial charge in [-0.1, -0.05) is 6.07 Å². The number of hydrogen-bond acceptors (Lipinski definition) is 2. The molecule has 1 atom stereocenters. The standard InChI is InChI=1S/C14H16ClFN2O/c15-6-4-13-17-14-11(16)2-1-3-12(14)18(13)8-10-5-7-19-9-10/h1-3,10H,4-9H2. The molecule has 1 aliphatic rings. The summed E-state index contributed by atoms with van der Waals surface area (Å²) in [5.74, 6) is 1.57. The number of ether oxygens (including phenoxy) is 1. The smallest absolute Gasteiger partial charge is 0.151 e. The maximum atomic E-state index is 13.8. The van der Waals surface area contributed by atoms with Crippen LogP contribution in [0.3, 0.4) is 0 Å². The highest BCUT2D eigenvalue weighted by Crippen LogP contribution is 2.23. The lowest BCUT2D eigenvalue weighted by Crippen LogP contribution is -2.13. The van der Waals surface area contributed by atoms with Gasteiger partial charge in [-0.15, -0.1) is 11.6 Å². The molecule has 1 aliphatic heterocycles. The molecule has 0 saturated carbocycles. The Morgan fingerprint density at radius 1 is 1.47 bits per heavy atom. The molecule has 1 fully saturated rings. The largest absolute Gasteiger partial charge is 0.381 e. The maximum Gasteiger partial charge on any atom is 0.151 e. The molecular formula is C14H16ClFN2O. The molecule has 3 nitrogen and oxygen atoms in total. The normalized spacial score (nSPS) is 19.4. The SMILES string of the molecule is Fc1cccc2c1nc(CCCl)n2CC1CCOC1. The van der Waals surface area contributed by atoms with Gasteiger partial charge < -0.3 is 9.30 Å². The number of aromatic nitrogens is 2. The van der Waals surface area contributed by atoms with Crippen LogP contribution >= 0.6 is 11.6 Å². The van der Waals surface area contributed by atoms with Crippen LogP contribution in [0.15, 0.2) is 18.2 Å². The van der Waals surface area contributed by atoms with Crippen LogP contribution in [0.4, 0.5) is 4.39 Å². The molecular weight excluding hydrogens is 267 g/mol. The quantitative estimate of drug-likeness (QED) is 0.806. The van der Waals surface area contributed by atoms with E-state index in [-0.39, 0.29) is 5.82 Å². The number of nitrogens with zero attached hydrogens (tertiary/aromatic N) is 2. The lowest BCUT2D eigenvalue weighted by Gasteiger charge is -2.12. The first kappa shape index (κ1) is 12.9.